The van der Waals surface area contributed by atoms with Gasteiger partial charge in [0.15, 0.2) is 0 Å². The predicted molar refractivity (Wildman–Crippen MR) is 105 cm³/mol. The first-order valence-corrected chi connectivity index (χ1v) is 9.57. The van der Waals surface area contributed by atoms with E-state index in [1.807, 2.05) is 12.1 Å². The van der Waals surface area contributed by atoms with Gasteiger partial charge in [0.2, 0.25) is 0 Å². The van der Waals surface area contributed by atoms with E-state index in [-0.39, 0.29) is 0 Å². The Kier molecular flexibility index (Phi) is 4.74. The van der Waals surface area contributed by atoms with Gasteiger partial charge in [0.1, 0.15) is 5.69 Å². The molecule has 4 rings (SSSR count). The van der Waals surface area contributed by atoms with Crippen molar-refractivity contribution in [1.82, 2.24) is 9.55 Å². The van der Waals surface area contributed by atoms with Crippen LogP contribution in [0.3, 0.4) is 0 Å². The van der Waals surface area contributed by atoms with E-state index in [1.165, 1.54) is 49.4 Å². The summed E-state index contributed by atoms with van der Waals surface area (Å²) in [5, 5.41) is 1.21. The predicted octanol–water partition coefficient (Wildman–Crippen LogP) is 4.77. The smallest absolute Gasteiger partial charge is 0.267 e. The SMILES string of the molecule is NC(=O)c1cccc(-c2ccc3c(ccn3CCC3CCCCC3)c2)n1. The third-order valence-electron chi connectivity index (χ3n) is 5.57. The van der Waals surface area contributed by atoms with Crippen molar-refractivity contribution in [2.24, 2.45) is 11.7 Å². The normalized spacial score (nSPS) is 15.4. The van der Waals surface area contributed by atoms with Gasteiger partial charge in [-0.2, -0.15) is 0 Å². The number of nitrogens with two attached hydrogens (primary N) is 1. The molecule has 0 atom stereocenters. The molecule has 0 saturated heterocycles. The first kappa shape index (κ1) is 16.8. The van der Waals surface area contributed by atoms with Gasteiger partial charge < -0.3 is 10.3 Å². The van der Waals surface area contributed by atoms with Crippen molar-refractivity contribution in [3.8, 4) is 11.3 Å². The molecule has 1 aliphatic rings. The second kappa shape index (κ2) is 7.32. The van der Waals surface area contributed by atoms with Crippen molar-refractivity contribution in [3.63, 3.8) is 0 Å². The number of fused-ring (bicyclic) bond motifs is 1. The number of carbonyl (C=O) groups excluding carboxylic acids is 1. The van der Waals surface area contributed by atoms with Crippen LogP contribution in [-0.4, -0.2) is 15.5 Å². The number of primary amides is 1. The van der Waals surface area contributed by atoms with Crippen molar-refractivity contribution in [3.05, 3.63) is 54.4 Å². The van der Waals surface area contributed by atoms with Gasteiger partial charge >= 0.3 is 0 Å². The standard InChI is InChI=1S/C22H25N3O/c23-22(26)20-8-4-7-19(24-20)17-9-10-21-18(15-17)12-14-25(21)13-11-16-5-2-1-3-6-16/h4,7-10,12,14-16H,1-3,5-6,11,13H2,(H2,23,26). The number of amides is 1. The average Bonchev–Trinajstić information content (AvgIpc) is 3.09. The molecule has 1 fully saturated rings. The fourth-order valence-corrected chi connectivity index (χ4v) is 4.08. The summed E-state index contributed by atoms with van der Waals surface area (Å²) < 4.78 is 2.36. The highest BCUT2D eigenvalue weighted by molar-refractivity contribution is 5.91. The van der Waals surface area contributed by atoms with E-state index in [2.05, 4.69) is 40.0 Å². The molecule has 4 heteroatoms. The summed E-state index contributed by atoms with van der Waals surface area (Å²) in [6.45, 7) is 1.09. The number of nitrogens with zero attached hydrogens (tertiary/aromatic N) is 2. The molecule has 2 N–H and O–H groups in total. The van der Waals surface area contributed by atoms with E-state index in [0.717, 1.165) is 23.7 Å². The lowest BCUT2D eigenvalue weighted by Gasteiger charge is -2.21. The minimum absolute atomic E-state index is 0.299. The second-order valence-electron chi connectivity index (χ2n) is 7.35. The number of aromatic nitrogens is 2. The van der Waals surface area contributed by atoms with Gasteiger partial charge in [0.25, 0.3) is 5.91 Å². The van der Waals surface area contributed by atoms with Crippen molar-refractivity contribution in [1.29, 1.82) is 0 Å². The van der Waals surface area contributed by atoms with Gasteiger partial charge in [-0.05, 0) is 42.7 Å². The Morgan fingerprint density at radius 1 is 1.12 bits per heavy atom. The highest BCUT2D eigenvalue weighted by Crippen LogP contribution is 2.28. The number of hydrogen-bond acceptors (Lipinski definition) is 2. The second-order valence-corrected chi connectivity index (χ2v) is 7.35. The van der Waals surface area contributed by atoms with Crippen LogP contribution >= 0.6 is 0 Å². The number of rotatable bonds is 5. The summed E-state index contributed by atoms with van der Waals surface area (Å²) in [5.41, 5.74) is 8.68. The van der Waals surface area contributed by atoms with Crippen molar-refractivity contribution in [2.75, 3.05) is 0 Å². The summed E-state index contributed by atoms with van der Waals surface area (Å²) >= 11 is 0. The Hall–Kier alpha value is -2.62. The molecule has 1 saturated carbocycles. The first-order valence-electron chi connectivity index (χ1n) is 9.57. The number of pyridine rings is 1. The van der Waals surface area contributed by atoms with Crippen LogP contribution in [-0.2, 0) is 6.54 Å². The quantitative estimate of drug-likeness (QED) is 0.722. The van der Waals surface area contributed by atoms with Crippen molar-refractivity contribution >= 4 is 16.8 Å². The van der Waals surface area contributed by atoms with Crippen LogP contribution in [0.4, 0.5) is 0 Å². The molecule has 1 aromatic carbocycles. The molecule has 1 amide bonds. The summed E-state index contributed by atoms with van der Waals surface area (Å²) in [6.07, 6.45) is 10.5. The topological polar surface area (TPSA) is 60.9 Å². The zero-order valence-corrected chi connectivity index (χ0v) is 15.0. The number of benzene rings is 1. The average molecular weight is 347 g/mol. The molecule has 4 nitrogen and oxygen atoms in total. The number of aryl methyl sites for hydroxylation is 1. The zero-order valence-electron chi connectivity index (χ0n) is 15.0. The minimum Gasteiger partial charge on any atom is -0.364 e. The summed E-state index contributed by atoms with van der Waals surface area (Å²) in [6, 6.07) is 13.9. The van der Waals surface area contributed by atoms with E-state index in [1.54, 1.807) is 6.07 Å². The van der Waals surface area contributed by atoms with Crippen LogP contribution in [0.1, 0.15) is 49.0 Å². The van der Waals surface area contributed by atoms with Gasteiger partial charge in [-0.15, -0.1) is 0 Å². The van der Waals surface area contributed by atoms with Crippen LogP contribution in [0.25, 0.3) is 22.2 Å². The molecule has 0 bridgehead atoms. The number of carbonyl (C=O) groups is 1. The van der Waals surface area contributed by atoms with Gasteiger partial charge in [-0.3, -0.25) is 4.79 Å². The van der Waals surface area contributed by atoms with E-state index in [0.29, 0.717) is 5.69 Å². The van der Waals surface area contributed by atoms with Crippen LogP contribution in [0.15, 0.2) is 48.7 Å². The zero-order chi connectivity index (χ0) is 17.9. The van der Waals surface area contributed by atoms with Crippen LogP contribution < -0.4 is 5.73 Å². The molecule has 26 heavy (non-hydrogen) atoms. The van der Waals surface area contributed by atoms with E-state index >= 15 is 0 Å². The van der Waals surface area contributed by atoms with E-state index in [4.69, 9.17) is 5.73 Å². The lowest BCUT2D eigenvalue weighted by molar-refractivity contribution is 0.0995. The molecule has 0 aliphatic heterocycles. The van der Waals surface area contributed by atoms with Crippen LogP contribution in [0.2, 0.25) is 0 Å². The first-order chi connectivity index (χ1) is 12.7. The third-order valence-corrected chi connectivity index (χ3v) is 5.57. The number of hydrogen-bond donors (Lipinski definition) is 1. The molecule has 0 unspecified atom stereocenters. The van der Waals surface area contributed by atoms with Gasteiger partial charge in [-0.25, -0.2) is 4.98 Å². The Morgan fingerprint density at radius 2 is 1.96 bits per heavy atom. The maximum absolute atomic E-state index is 11.4. The van der Waals surface area contributed by atoms with Crippen LogP contribution in [0, 0.1) is 5.92 Å². The summed E-state index contributed by atoms with van der Waals surface area (Å²) in [7, 11) is 0. The molecule has 2 heterocycles. The minimum atomic E-state index is -0.498. The molecule has 134 valence electrons. The molecule has 2 aromatic heterocycles. The summed E-state index contributed by atoms with van der Waals surface area (Å²) in [5.74, 6) is 0.392. The van der Waals surface area contributed by atoms with Gasteiger partial charge in [0.05, 0.1) is 5.69 Å². The fraction of sp³-hybridized carbons (Fsp3) is 0.364. The fourth-order valence-electron chi connectivity index (χ4n) is 4.08. The highest BCUT2D eigenvalue weighted by atomic mass is 16.1. The van der Waals surface area contributed by atoms with Gasteiger partial charge in [-0.1, -0.05) is 44.2 Å². The van der Waals surface area contributed by atoms with E-state index < -0.39 is 5.91 Å². The molecular weight excluding hydrogens is 322 g/mol. The van der Waals surface area contributed by atoms with Gasteiger partial charge in [0, 0.05) is 29.2 Å². The van der Waals surface area contributed by atoms with Crippen molar-refractivity contribution in [2.45, 2.75) is 45.1 Å². The Morgan fingerprint density at radius 3 is 2.77 bits per heavy atom. The Balaban J connectivity index is 1.55. The third kappa shape index (κ3) is 3.50. The molecular formula is C22H25N3O. The maximum atomic E-state index is 11.4. The van der Waals surface area contributed by atoms with Crippen LogP contribution in [0.5, 0.6) is 0 Å². The maximum Gasteiger partial charge on any atom is 0.267 e. The largest absolute Gasteiger partial charge is 0.364 e. The molecule has 0 radical (unpaired) electrons. The lowest BCUT2D eigenvalue weighted by Crippen LogP contribution is -2.13. The van der Waals surface area contributed by atoms with Crippen molar-refractivity contribution < 1.29 is 4.79 Å². The Labute approximate surface area is 154 Å². The Bertz CT molecular complexity index is 922. The molecule has 1 aliphatic carbocycles. The lowest BCUT2D eigenvalue weighted by atomic mass is 9.87. The van der Waals surface area contributed by atoms with E-state index in [9.17, 15) is 4.79 Å². The monoisotopic (exact) mass is 347 g/mol. The highest BCUT2D eigenvalue weighted by Gasteiger charge is 2.14. The molecule has 0 spiro atoms. The summed E-state index contributed by atoms with van der Waals surface area (Å²) in [4.78, 5) is 15.7. The molecule has 3 aromatic rings.